The van der Waals surface area contributed by atoms with E-state index in [1.165, 1.54) is 17.0 Å². The Morgan fingerprint density at radius 3 is 0.975 bits per heavy atom. The van der Waals surface area contributed by atoms with Crippen molar-refractivity contribution in [3.8, 4) is 11.8 Å². The van der Waals surface area contributed by atoms with Crippen LogP contribution in [0.5, 0.6) is 11.8 Å². The fraction of sp³-hybridized carbons (Fsp3) is 0.784. The van der Waals surface area contributed by atoms with Crippen LogP contribution in [0.25, 0.3) is 0 Å². The Labute approximate surface area is 724 Å². The Hall–Kier alpha value is -5.76. The van der Waals surface area contributed by atoms with Crippen molar-refractivity contribution in [3.05, 3.63) is 111 Å². The van der Waals surface area contributed by atoms with Gasteiger partial charge in [0.2, 0.25) is 11.8 Å². The van der Waals surface area contributed by atoms with Gasteiger partial charge in [-0.1, -0.05) is 164 Å². The first kappa shape index (κ1) is 90.0. The number of fused-ring (bicyclic) bond motifs is 15. The quantitative estimate of drug-likeness (QED) is 0.155. The van der Waals surface area contributed by atoms with E-state index in [4.69, 9.17) is 88.9 Å². The number of methoxy groups -OCH3 is 2. The van der Waals surface area contributed by atoms with E-state index in [1.807, 2.05) is 6.92 Å². The zero-order chi connectivity index (χ0) is 87.3. The molecule has 0 bridgehead atoms. The lowest BCUT2D eigenvalue weighted by Crippen LogP contribution is -2.56. The first-order valence-corrected chi connectivity index (χ1v) is 46.5. The average Bonchev–Trinajstić information content (AvgIpc) is 1.70. The van der Waals surface area contributed by atoms with Crippen molar-refractivity contribution < 1.29 is 52.2 Å². The molecule has 23 nitrogen and oxygen atoms in total. The number of aromatic nitrogens is 10. The number of aryl methyl sites for hydroxylation is 1. The highest BCUT2D eigenvalue weighted by Gasteiger charge is 2.63. The number of H-pyrrole nitrogens is 2. The van der Waals surface area contributed by atoms with Gasteiger partial charge in [-0.3, -0.25) is 14.4 Å². The minimum atomic E-state index is -0.421. The Kier molecular flexibility index (Phi) is 24.0. The maximum Gasteiger partial charge on any atom is 0.254 e. The van der Waals surface area contributed by atoms with E-state index in [1.54, 1.807) is 14.2 Å². The van der Waals surface area contributed by atoms with Crippen LogP contribution in [0.2, 0.25) is 5.15 Å². The summed E-state index contributed by atoms with van der Waals surface area (Å²) in [6.45, 7) is 55.9. The van der Waals surface area contributed by atoms with Crippen LogP contribution >= 0.6 is 11.6 Å². The highest BCUT2D eigenvalue weighted by atomic mass is 35.5. The van der Waals surface area contributed by atoms with Gasteiger partial charge in [-0.2, -0.15) is 9.97 Å². The van der Waals surface area contributed by atoms with Crippen LogP contribution in [0, 0.1) is 66.1 Å². The van der Waals surface area contributed by atoms with Crippen molar-refractivity contribution in [2.75, 3.05) is 67.1 Å². The van der Waals surface area contributed by atoms with Crippen LogP contribution in [0.1, 0.15) is 334 Å². The van der Waals surface area contributed by atoms with E-state index < -0.39 is 11.6 Å². The van der Waals surface area contributed by atoms with Crippen LogP contribution in [0.15, 0.2) is 9.59 Å². The maximum absolute atomic E-state index is 12.7. The molecule has 4 aliphatic heterocycles. The lowest BCUT2D eigenvalue weighted by atomic mass is 9.55. The Bertz CT molecular complexity index is 4840. The molecule has 19 rings (SSSR count). The fourth-order valence-corrected chi connectivity index (χ4v) is 25.7. The predicted molar refractivity (Wildman–Crippen MR) is 465 cm³/mol. The molecular formula is C97H143ClN10O13. The molecule has 0 unspecified atom stereocenters. The first-order valence-electron chi connectivity index (χ1n) is 46.1. The second kappa shape index (κ2) is 32.2. The largest absolute Gasteiger partial charge is 0.481 e. The van der Waals surface area contributed by atoms with Crippen molar-refractivity contribution >= 4 is 17.4 Å². The number of ketones is 1. The van der Waals surface area contributed by atoms with Crippen molar-refractivity contribution in [1.82, 2.24) is 49.8 Å². The molecule has 9 heterocycles. The molecule has 4 spiro atoms. The van der Waals surface area contributed by atoms with Crippen molar-refractivity contribution in [3.63, 3.8) is 0 Å². The predicted octanol–water partition coefficient (Wildman–Crippen LogP) is 16.9. The van der Waals surface area contributed by atoms with Gasteiger partial charge >= 0.3 is 0 Å². The summed E-state index contributed by atoms with van der Waals surface area (Å²) < 4.78 is 59.9. The lowest BCUT2D eigenvalue weighted by Gasteiger charge is -2.54. The molecule has 5 aromatic rings. The summed E-state index contributed by atoms with van der Waals surface area (Å²) in [5.74, 6) is 8.07. The monoisotopic (exact) mass is 1690 g/mol. The standard InChI is InChI=1S/C21H32N2O3.C20H29ClN2O2.C20H30N2O3.C19H28N2O2.C17H24N2O3/c1-13-15-8-7-14-16(22-18(19(2,3)4)23-17(14)24-6)20(15,5)9-10-21(13)25-11-12-26-21;1-12-14-7-6-13-15(22-17(18(2,3)4)23-16(13)21)19(14,5)8-9-20(12)24-10-11-25-20;1-12-14-7-6-13-15(21-17(18(2,3)4)22-16(13)23)19(14,5)8-9-20(12)24-10-11-25-20;1-11-13-8-7-12-15(19(13,5)10-9-14(11)22)20-17(18(2,3)4)21-16(12)23-6;1-10-13-5-4-12-14(18-11(2)19-15(12)20)16(13,3)6-7-17(10)21-8-9-22-17/h13,15H,7-12H2,1-6H3;12,14H,6-11H2,1-5H3;12,14H,6-11H2,1-5H3,(H,21,22,23);11,13H,7-10H2,1-6H3;10,13H,4-9H2,1-3H3,(H,18,19,20)/t13-,15-,20-;2*12-,14-,19-;11-,13-,19-;10-,13-,16-/m00000/s1. The number of rotatable bonds is 2. The van der Waals surface area contributed by atoms with E-state index in [0.29, 0.717) is 129 Å². The molecule has 5 aromatic heterocycles. The number of aromatic amines is 2. The number of hydrogen-bond acceptors (Lipinski definition) is 21. The summed E-state index contributed by atoms with van der Waals surface area (Å²) in [6.07, 6.45) is 18.7. The van der Waals surface area contributed by atoms with Gasteiger partial charge in [-0.05, 0) is 133 Å². The summed E-state index contributed by atoms with van der Waals surface area (Å²) in [6, 6.07) is 0. The fourth-order valence-electron chi connectivity index (χ4n) is 25.4. The maximum atomic E-state index is 12.7. The van der Waals surface area contributed by atoms with E-state index >= 15 is 0 Å². The summed E-state index contributed by atoms with van der Waals surface area (Å²) in [5.41, 5.74) is 10.3. The molecule has 0 aromatic carbocycles. The van der Waals surface area contributed by atoms with Crippen LogP contribution in [-0.2, 0) is 124 Å². The van der Waals surface area contributed by atoms with Crippen LogP contribution in [0.3, 0.4) is 0 Å². The number of carbonyl (C=O) groups is 1. The van der Waals surface area contributed by atoms with E-state index in [9.17, 15) is 14.4 Å². The van der Waals surface area contributed by atoms with Gasteiger partial charge in [-0.25, -0.2) is 29.9 Å². The van der Waals surface area contributed by atoms with E-state index in [-0.39, 0.29) is 77.3 Å². The van der Waals surface area contributed by atoms with Gasteiger partial charge in [0.05, 0.1) is 95.5 Å². The zero-order valence-corrected chi connectivity index (χ0v) is 78.6. The third kappa shape index (κ3) is 15.4. The average molecular weight is 1690 g/mol. The Morgan fingerprint density at radius 2 is 0.636 bits per heavy atom. The molecule has 24 heteroatoms. The minimum Gasteiger partial charge on any atom is -0.481 e. The topological polar surface area (TPSA) is 278 Å². The van der Waals surface area contributed by atoms with Gasteiger partial charge in [-0.15, -0.1) is 0 Å². The summed E-state index contributed by atoms with van der Waals surface area (Å²) in [5, 5.41) is 0.649. The molecule has 0 radical (unpaired) electrons. The minimum absolute atomic E-state index is 0.0140. The molecule has 4 saturated heterocycles. The van der Waals surface area contributed by atoms with Crippen LogP contribution < -0.4 is 20.6 Å². The highest BCUT2D eigenvalue weighted by Crippen LogP contribution is 2.63. The lowest BCUT2D eigenvalue weighted by molar-refractivity contribution is -0.235. The molecular weight excluding hydrogens is 1550 g/mol. The molecule has 0 amide bonds. The van der Waals surface area contributed by atoms with Crippen molar-refractivity contribution in [1.29, 1.82) is 0 Å². The summed E-state index contributed by atoms with van der Waals surface area (Å²) in [4.78, 5) is 82.1. The third-order valence-corrected chi connectivity index (χ3v) is 33.1. The molecule has 2 N–H and O–H groups in total. The number of Topliss-reactive ketones (excluding diaryl/α,β-unsaturated/α-hetero) is 1. The third-order valence-electron chi connectivity index (χ3n) is 32.7. The van der Waals surface area contributed by atoms with Gasteiger partial charge in [0.1, 0.15) is 40.1 Å². The second-order valence-corrected chi connectivity index (χ2v) is 44.3. The molecule has 15 atom stereocenters. The van der Waals surface area contributed by atoms with Gasteiger partial charge in [0.15, 0.2) is 23.1 Å². The smallest absolute Gasteiger partial charge is 0.254 e. The van der Waals surface area contributed by atoms with Gasteiger partial charge < -0.3 is 57.3 Å². The van der Waals surface area contributed by atoms with Crippen molar-refractivity contribution in [2.24, 2.45) is 59.2 Å². The number of nitrogens with one attached hydrogen (secondary N) is 2. The molecule has 5 saturated carbocycles. The van der Waals surface area contributed by atoms with Gasteiger partial charge in [0.25, 0.3) is 11.1 Å². The molecule has 9 fully saturated rings. The number of nitrogens with zero attached hydrogens (tertiary/aromatic N) is 8. The SMILES string of the molecule is COc1nc(C(C)(C)C)nc2c1CC[C@H]1[C@H](C)C(=O)CC[C@]21C.COc1nc(C(C)(C)C)nc2c1CC[C@H]1[C@H](C)C3(CC[C@]21C)OCCO3.C[C@H]1[C@@H]2CCc3c(Cl)nc(C(C)(C)C)nc3[C@@]2(C)CCC12OCCO2.C[C@H]1[C@@H]2CCc3c(nc(C(C)(C)C)[nH]c3=O)[C@@]2(C)CCC12OCCO2.Cc1nc2c(c(=O)[nH]1)CC[C@H]1[C@H](C)C3(CC[C@]21C)OCCO3. The van der Waals surface area contributed by atoms with Crippen LogP contribution in [0.4, 0.5) is 0 Å². The van der Waals surface area contributed by atoms with E-state index in [0.717, 1.165) is 196 Å². The second-order valence-electron chi connectivity index (χ2n) is 43.9. The summed E-state index contributed by atoms with van der Waals surface area (Å²) in [7, 11) is 3.42. The Balaban J connectivity index is 0.000000118. The van der Waals surface area contributed by atoms with Crippen molar-refractivity contribution in [2.45, 2.75) is 360 Å². The van der Waals surface area contributed by atoms with Crippen LogP contribution in [-0.4, -0.2) is 146 Å². The Morgan fingerprint density at radius 1 is 0.347 bits per heavy atom. The summed E-state index contributed by atoms with van der Waals surface area (Å²) >= 11 is 6.60. The first-order chi connectivity index (χ1) is 56.7. The molecule has 666 valence electrons. The van der Waals surface area contributed by atoms with E-state index in [2.05, 4.69) is 172 Å². The number of hydrogen-bond donors (Lipinski definition) is 2. The molecule has 10 aliphatic carbocycles. The number of carbonyl (C=O) groups excluding carboxylic acids is 1. The normalized spacial score (nSPS) is 33.5. The zero-order valence-electron chi connectivity index (χ0n) is 77.8. The molecule has 121 heavy (non-hydrogen) atoms. The number of halogens is 1. The molecule has 14 aliphatic rings. The van der Waals surface area contributed by atoms with Gasteiger partial charge in [0, 0.05) is 138 Å². The highest BCUT2D eigenvalue weighted by molar-refractivity contribution is 6.30. The number of ether oxygens (including phenoxy) is 10.